The number of hydrogen-bond acceptors (Lipinski definition) is 9. The third-order valence-corrected chi connectivity index (χ3v) is 6.79. The van der Waals surface area contributed by atoms with Crippen molar-refractivity contribution in [3.05, 3.63) is 93.7 Å². The smallest absolute Gasteiger partial charge is 0.338 e. The van der Waals surface area contributed by atoms with Crippen LogP contribution in [0.2, 0.25) is 5.02 Å². The van der Waals surface area contributed by atoms with E-state index >= 15 is 0 Å². The van der Waals surface area contributed by atoms with Crippen LogP contribution >= 0.6 is 11.6 Å². The number of aliphatic imine (C=N–C) groups is 1. The number of benzene rings is 1. The molecule has 0 saturated carbocycles. The third kappa shape index (κ3) is 5.75. The van der Waals surface area contributed by atoms with Crippen LogP contribution < -0.4 is 10.2 Å². The van der Waals surface area contributed by atoms with E-state index < -0.39 is 35.3 Å². The number of carbonyl (C=O) groups excluding carboxylic acids is 1. The third-order valence-electron chi connectivity index (χ3n) is 6.46. The van der Waals surface area contributed by atoms with Gasteiger partial charge in [-0.25, -0.2) is 37.3 Å². The minimum atomic E-state index is -1.10. The number of nitrogens with one attached hydrogen (secondary N) is 1. The fourth-order valence-electron chi connectivity index (χ4n) is 4.53. The van der Waals surface area contributed by atoms with Gasteiger partial charge in [0.15, 0.2) is 17.5 Å². The van der Waals surface area contributed by atoms with E-state index in [2.05, 4.69) is 25.3 Å². The van der Waals surface area contributed by atoms with Crippen molar-refractivity contribution in [1.29, 1.82) is 0 Å². The molecule has 2 aromatic heterocycles. The molecule has 0 unspecified atom stereocenters. The van der Waals surface area contributed by atoms with Gasteiger partial charge in [-0.05, 0) is 12.1 Å². The molecule has 1 aromatic carbocycles. The summed E-state index contributed by atoms with van der Waals surface area (Å²) >= 11 is 6.35. The number of piperazine rings is 1. The van der Waals surface area contributed by atoms with Gasteiger partial charge in [0, 0.05) is 55.1 Å². The van der Waals surface area contributed by atoms with E-state index in [0.717, 1.165) is 24.7 Å². The molecule has 1 fully saturated rings. The van der Waals surface area contributed by atoms with Crippen molar-refractivity contribution in [2.75, 3.05) is 44.7 Å². The number of halogens is 5. The van der Waals surface area contributed by atoms with Crippen molar-refractivity contribution in [1.82, 2.24) is 25.2 Å². The monoisotopic (exact) mass is 575 g/mol. The fraction of sp³-hybridized carbons (Fsp3) is 0.269. The zero-order valence-electron chi connectivity index (χ0n) is 21.0. The number of aromatic nitrogens is 3. The van der Waals surface area contributed by atoms with Crippen molar-refractivity contribution < 1.29 is 27.1 Å². The molecule has 40 heavy (non-hydrogen) atoms. The maximum atomic E-state index is 14.8. The van der Waals surface area contributed by atoms with Gasteiger partial charge >= 0.3 is 5.97 Å². The van der Waals surface area contributed by atoms with Gasteiger partial charge in [-0.15, -0.1) is 0 Å². The van der Waals surface area contributed by atoms with Crippen molar-refractivity contribution >= 4 is 29.4 Å². The first kappa shape index (κ1) is 27.5. The fourth-order valence-corrected chi connectivity index (χ4v) is 4.80. The second-order valence-corrected chi connectivity index (χ2v) is 9.41. The quantitative estimate of drug-likeness (QED) is 0.353. The minimum absolute atomic E-state index is 0.00352. The minimum Gasteiger partial charge on any atom is -0.466 e. The highest BCUT2D eigenvalue weighted by Gasteiger charge is 2.35. The summed E-state index contributed by atoms with van der Waals surface area (Å²) in [7, 11) is 1.21. The molecular weight excluding hydrogens is 554 g/mol. The van der Waals surface area contributed by atoms with Crippen LogP contribution in [0.4, 0.5) is 23.5 Å². The van der Waals surface area contributed by atoms with E-state index in [4.69, 9.17) is 16.3 Å². The summed E-state index contributed by atoms with van der Waals surface area (Å²) in [4.78, 5) is 33.4. The second-order valence-electron chi connectivity index (χ2n) is 9.00. The molecule has 0 amide bonds. The molecule has 4 heterocycles. The lowest BCUT2D eigenvalue weighted by Gasteiger charge is -2.36. The van der Waals surface area contributed by atoms with E-state index in [1.165, 1.54) is 19.2 Å². The molecule has 2 aliphatic heterocycles. The maximum Gasteiger partial charge on any atom is 0.338 e. The molecule has 5 rings (SSSR count). The number of methoxy groups -OCH3 is 1. The average Bonchev–Trinajstić information content (AvgIpc) is 2.93. The number of amidine groups is 1. The van der Waals surface area contributed by atoms with Crippen molar-refractivity contribution in [3.8, 4) is 0 Å². The Labute approximate surface area is 231 Å². The summed E-state index contributed by atoms with van der Waals surface area (Å²) < 4.78 is 60.5. The predicted molar refractivity (Wildman–Crippen MR) is 138 cm³/mol. The van der Waals surface area contributed by atoms with Crippen LogP contribution in [0, 0.1) is 23.3 Å². The molecule has 9 nitrogen and oxygen atoms in total. The van der Waals surface area contributed by atoms with Gasteiger partial charge in [0.1, 0.15) is 23.4 Å². The molecule has 14 heteroatoms. The zero-order chi connectivity index (χ0) is 28.4. The highest BCUT2D eigenvalue weighted by atomic mass is 35.5. The lowest BCUT2D eigenvalue weighted by Crippen LogP contribution is -2.49. The van der Waals surface area contributed by atoms with E-state index in [9.17, 15) is 22.4 Å². The lowest BCUT2D eigenvalue weighted by molar-refractivity contribution is -0.136. The number of hydrogen-bond donors (Lipinski definition) is 1. The molecule has 0 bridgehead atoms. The summed E-state index contributed by atoms with van der Waals surface area (Å²) in [6.07, 6.45) is 3.04. The van der Waals surface area contributed by atoms with Crippen LogP contribution in [-0.4, -0.2) is 71.5 Å². The van der Waals surface area contributed by atoms with Gasteiger partial charge in [0.25, 0.3) is 0 Å². The van der Waals surface area contributed by atoms with Crippen molar-refractivity contribution in [2.45, 2.75) is 6.04 Å². The first-order valence-electron chi connectivity index (χ1n) is 12.1. The topological polar surface area (TPSA) is 95.8 Å². The summed E-state index contributed by atoms with van der Waals surface area (Å²) in [5, 5.41) is 2.98. The molecule has 1 atom stereocenters. The number of rotatable bonds is 6. The predicted octanol–water partition coefficient (Wildman–Crippen LogP) is 3.42. The number of nitrogens with zero attached hydrogens (tertiary/aromatic N) is 6. The molecule has 1 saturated heterocycles. The molecule has 0 spiro atoms. The van der Waals surface area contributed by atoms with E-state index in [1.54, 1.807) is 0 Å². The Morgan fingerprint density at radius 2 is 1.70 bits per heavy atom. The average molecular weight is 576 g/mol. The lowest BCUT2D eigenvalue weighted by atomic mass is 9.94. The van der Waals surface area contributed by atoms with Gasteiger partial charge in [-0.1, -0.05) is 17.7 Å². The van der Waals surface area contributed by atoms with Crippen LogP contribution in [0.25, 0.3) is 0 Å². The van der Waals surface area contributed by atoms with Crippen LogP contribution in [-0.2, 0) is 9.53 Å². The number of anilines is 1. The summed E-state index contributed by atoms with van der Waals surface area (Å²) in [6.45, 7) is 2.22. The summed E-state index contributed by atoms with van der Waals surface area (Å²) in [6, 6.07) is 3.19. The van der Waals surface area contributed by atoms with E-state index in [-0.39, 0.29) is 34.2 Å². The molecular formula is C26H22ClF4N7O2. The SMILES string of the molecule is COC(=O)C1=C(CN2CCN(c3ncc(F)cn3)CC2)NC(c2ncc(F)cc2F)=N[C@H]1c1ccc(F)cc1Cl. The highest BCUT2D eigenvalue weighted by Crippen LogP contribution is 2.36. The van der Waals surface area contributed by atoms with Gasteiger partial charge in [-0.3, -0.25) is 9.89 Å². The molecule has 2 aliphatic rings. The van der Waals surface area contributed by atoms with Gasteiger partial charge < -0.3 is 15.0 Å². The number of ether oxygens (including phenoxy) is 1. The molecule has 208 valence electrons. The second kappa shape index (κ2) is 11.6. The Morgan fingerprint density at radius 1 is 1.00 bits per heavy atom. The first-order valence-corrected chi connectivity index (χ1v) is 12.5. The molecule has 0 radical (unpaired) electrons. The Hall–Kier alpha value is -4.10. The normalized spacial score (nSPS) is 17.9. The molecule has 1 N–H and O–H groups in total. The number of carbonyl (C=O) groups is 1. The number of esters is 1. The van der Waals surface area contributed by atoms with Gasteiger partial charge in [-0.2, -0.15) is 0 Å². The summed E-state index contributed by atoms with van der Waals surface area (Å²) in [5.41, 5.74) is 0.427. The number of pyridine rings is 1. The Kier molecular flexibility index (Phi) is 7.94. The standard InChI is InChI=1S/C26H22ClF4N7O2/c1-40-25(39)21-20(13-37-4-6-38(7-5-37)26-33-11-16(30)12-34-26)35-24(23-19(31)9-15(29)10-32-23)36-22(21)17-3-2-14(28)8-18(17)27/h2-3,8-12,22H,4-7,13H2,1H3,(H,35,36)/t22-/m0/s1. The van der Waals surface area contributed by atoms with Crippen molar-refractivity contribution in [2.24, 2.45) is 4.99 Å². The van der Waals surface area contributed by atoms with Crippen molar-refractivity contribution in [3.63, 3.8) is 0 Å². The highest BCUT2D eigenvalue weighted by molar-refractivity contribution is 6.31. The zero-order valence-corrected chi connectivity index (χ0v) is 21.8. The van der Waals surface area contributed by atoms with Gasteiger partial charge in [0.05, 0.1) is 31.3 Å². The summed E-state index contributed by atoms with van der Waals surface area (Å²) in [5.74, 6) is -3.36. The molecule has 0 aliphatic carbocycles. The van der Waals surface area contributed by atoms with Gasteiger partial charge in [0.2, 0.25) is 5.95 Å². The largest absolute Gasteiger partial charge is 0.466 e. The van der Waals surface area contributed by atoms with E-state index in [1.807, 2.05) is 9.80 Å². The Balaban J connectivity index is 1.49. The first-order chi connectivity index (χ1) is 19.2. The molecule has 3 aromatic rings. The van der Waals surface area contributed by atoms with Crippen LogP contribution in [0.5, 0.6) is 0 Å². The Bertz CT molecular complexity index is 1490. The Morgan fingerprint density at radius 3 is 2.35 bits per heavy atom. The van der Waals surface area contributed by atoms with Crippen LogP contribution in [0.1, 0.15) is 17.3 Å². The maximum absolute atomic E-state index is 14.8. The van der Waals surface area contributed by atoms with Crippen LogP contribution in [0.15, 0.2) is 59.1 Å². The van der Waals surface area contributed by atoms with Crippen LogP contribution in [0.3, 0.4) is 0 Å². The van der Waals surface area contributed by atoms with E-state index in [0.29, 0.717) is 43.9 Å².